The van der Waals surface area contributed by atoms with Crippen LogP contribution >= 0.6 is 0 Å². The lowest BCUT2D eigenvalue weighted by molar-refractivity contribution is -0.147. The van der Waals surface area contributed by atoms with Crippen LogP contribution in [0.25, 0.3) is 0 Å². The van der Waals surface area contributed by atoms with Crippen molar-refractivity contribution in [3.8, 4) is 0 Å². The fourth-order valence-electron chi connectivity index (χ4n) is 4.37. The molecule has 1 aromatic heterocycles. The van der Waals surface area contributed by atoms with Gasteiger partial charge in [-0.15, -0.1) is 0 Å². The molecule has 2 saturated heterocycles. The van der Waals surface area contributed by atoms with Gasteiger partial charge in [0.15, 0.2) is 0 Å². The first kappa shape index (κ1) is 19.9. The highest BCUT2D eigenvalue weighted by Crippen LogP contribution is 2.36. The first-order chi connectivity index (χ1) is 13.0. The van der Waals surface area contributed by atoms with E-state index in [1.54, 1.807) is 6.20 Å². The number of carboxylic acids is 1. The lowest BCUT2D eigenvalue weighted by Crippen LogP contribution is -2.46. The van der Waals surface area contributed by atoms with E-state index in [9.17, 15) is 9.59 Å². The monoisotopic (exact) mass is 377 g/mol. The number of hydrogen-bond acceptors (Lipinski definition) is 4. The zero-order valence-electron chi connectivity index (χ0n) is 16.3. The van der Waals surface area contributed by atoms with Crippen LogP contribution in [0.5, 0.6) is 0 Å². The molecule has 1 N–H and O–H groups in total. The van der Waals surface area contributed by atoms with Crippen molar-refractivity contribution >= 4 is 11.9 Å². The first-order valence-corrected chi connectivity index (χ1v) is 10.1. The summed E-state index contributed by atoms with van der Waals surface area (Å²) in [5, 5.41) is 13.3. The standard InChI is InChI=1S/C20H31N3O4/c1-14(2)23-17(9-10-21-23)19-16(6-4-12-27-19)20(26)22-11-3-5-15(13-22)7-8-18(24)25/h9-10,14-16,19H,3-8,11-13H2,1-2H3,(H,24,25)/t15?,16-,19-/m1/s1. The summed E-state index contributed by atoms with van der Waals surface area (Å²) < 4.78 is 8.00. The van der Waals surface area contributed by atoms with Crippen LogP contribution in [0.1, 0.15) is 70.2 Å². The number of likely N-dealkylation sites (tertiary alicyclic amines) is 1. The zero-order chi connectivity index (χ0) is 19.4. The van der Waals surface area contributed by atoms with Crippen molar-refractivity contribution in [3.63, 3.8) is 0 Å². The summed E-state index contributed by atoms with van der Waals surface area (Å²) >= 11 is 0. The number of ether oxygens (including phenoxy) is 1. The normalized spacial score (nSPS) is 26.3. The quantitative estimate of drug-likeness (QED) is 0.824. The predicted molar refractivity (Wildman–Crippen MR) is 100 cm³/mol. The van der Waals surface area contributed by atoms with E-state index in [2.05, 4.69) is 18.9 Å². The molecule has 0 spiro atoms. The highest BCUT2D eigenvalue weighted by Gasteiger charge is 2.38. The van der Waals surface area contributed by atoms with Crippen molar-refractivity contribution in [1.82, 2.24) is 14.7 Å². The predicted octanol–water partition coefficient (Wildman–Crippen LogP) is 3.04. The minimum atomic E-state index is -0.763. The van der Waals surface area contributed by atoms with Gasteiger partial charge < -0.3 is 14.7 Å². The molecular weight excluding hydrogens is 346 g/mol. The summed E-state index contributed by atoms with van der Waals surface area (Å²) in [6.07, 6.45) is 5.99. The molecule has 0 aliphatic carbocycles. The van der Waals surface area contributed by atoms with E-state index in [1.165, 1.54) is 0 Å². The van der Waals surface area contributed by atoms with E-state index in [1.807, 2.05) is 15.6 Å². The molecule has 7 nitrogen and oxygen atoms in total. The zero-order valence-corrected chi connectivity index (χ0v) is 16.3. The fourth-order valence-corrected chi connectivity index (χ4v) is 4.37. The summed E-state index contributed by atoms with van der Waals surface area (Å²) in [5.41, 5.74) is 0.975. The molecule has 2 fully saturated rings. The summed E-state index contributed by atoms with van der Waals surface area (Å²) in [6, 6.07) is 2.17. The maximum Gasteiger partial charge on any atom is 0.303 e. The Kier molecular flexibility index (Phi) is 6.52. The topological polar surface area (TPSA) is 84.7 Å². The number of carboxylic acid groups (broad SMARTS) is 1. The molecule has 0 aromatic carbocycles. The van der Waals surface area contributed by atoms with E-state index in [-0.39, 0.29) is 36.3 Å². The van der Waals surface area contributed by atoms with Crippen molar-refractivity contribution in [2.75, 3.05) is 19.7 Å². The molecule has 0 saturated carbocycles. The van der Waals surface area contributed by atoms with Gasteiger partial charge in [-0.2, -0.15) is 5.10 Å². The Morgan fingerprint density at radius 1 is 1.33 bits per heavy atom. The number of nitrogens with zero attached hydrogens (tertiary/aromatic N) is 3. The number of hydrogen-bond donors (Lipinski definition) is 1. The van der Waals surface area contributed by atoms with Crippen LogP contribution < -0.4 is 0 Å². The summed E-state index contributed by atoms with van der Waals surface area (Å²) in [4.78, 5) is 26.1. The Morgan fingerprint density at radius 2 is 2.15 bits per heavy atom. The Balaban J connectivity index is 1.71. The van der Waals surface area contributed by atoms with Crippen molar-refractivity contribution in [1.29, 1.82) is 0 Å². The number of aromatic nitrogens is 2. The molecule has 2 aliphatic heterocycles. The highest BCUT2D eigenvalue weighted by molar-refractivity contribution is 5.80. The number of rotatable bonds is 6. The molecule has 7 heteroatoms. The lowest BCUT2D eigenvalue weighted by atomic mass is 9.88. The summed E-state index contributed by atoms with van der Waals surface area (Å²) in [7, 11) is 0. The van der Waals surface area contributed by atoms with Crippen molar-refractivity contribution in [2.24, 2.45) is 11.8 Å². The van der Waals surface area contributed by atoms with E-state index >= 15 is 0 Å². The molecule has 1 unspecified atom stereocenters. The van der Waals surface area contributed by atoms with Crippen molar-refractivity contribution in [3.05, 3.63) is 18.0 Å². The number of piperidine rings is 1. The molecule has 0 radical (unpaired) electrons. The maximum absolute atomic E-state index is 13.3. The maximum atomic E-state index is 13.3. The second-order valence-electron chi connectivity index (χ2n) is 8.06. The molecule has 0 bridgehead atoms. The van der Waals surface area contributed by atoms with Gasteiger partial charge in [-0.1, -0.05) is 0 Å². The third-order valence-corrected chi connectivity index (χ3v) is 5.72. The van der Waals surface area contributed by atoms with Crippen LogP contribution in [0.15, 0.2) is 12.3 Å². The Labute approximate surface area is 160 Å². The van der Waals surface area contributed by atoms with Crippen LogP contribution in [0.4, 0.5) is 0 Å². The van der Waals surface area contributed by atoms with Gasteiger partial charge in [0.2, 0.25) is 5.91 Å². The minimum absolute atomic E-state index is 0.149. The highest BCUT2D eigenvalue weighted by atomic mass is 16.5. The second-order valence-corrected chi connectivity index (χ2v) is 8.06. The second kappa shape index (κ2) is 8.87. The average molecular weight is 377 g/mol. The van der Waals surface area contributed by atoms with Gasteiger partial charge >= 0.3 is 5.97 Å². The van der Waals surface area contributed by atoms with Gasteiger partial charge in [-0.05, 0) is 57.9 Å². The molecular formula is C20H31N3O4. The van der Waals surface area contributed by atoms with E-state index in [4.69, 9.17) is 9.84 Å². The largest absolute Gasteiger partial charge is 0.481 e. The Hall–Kier alpha value is -1.89. The average Bonchev–Trinajstić information content (AvgIpc) is 3.16. The van der Waals surface area contributed by atoms with Crippen LogP contribution in [-0.2, 0) is 14.3 Å². The fraction of sp³-hybridized carbons (Fsp3) is 0.750. The first-order valence-electron chi connectivity index (χ1n) is 10.1. The third kappa shape index (κ3) is 4.69. The van der Waals surface area contributed by atoms with E-state index in [0.29, 0.717) is 19.6 Å². The molecule has 3 atom stereocenters. The third-order valence-electron chi connectivity index (χ3n) is 5.72. The molecule has 1 aromatic rings. The van der Waals surface area contributed by atoms with Crippen LogP contribution in [0, 0.1) is 11.8 Å². The Morgan fingerprint density at radius 3 is 2.89 bits per heavy atom. The number of carbonyl (C=O) groups is 2. The Bertz CT molecular complexity index is 657. The van der Waals surface area contributed by atoms with Gasteiger partial charge in [0.25, 0.3) is 0 Å². The van der Waals surface area contributed by atoms with Crippen LogP contribution in [-0.4, -0.2) is 51.4 Å². The van der Waals surface area contributed by atoms with Gasteiger partial charge in [-0.3, -0.25) is 14.3 Å². The molecule has 27 heavy (non-hydrogen) atoms. The van der Waals surface area contributed by atoms with Gasteiger partial charge in [0.05, 0.1) is 11.6 Å². The molecule has 2 aliphatic rings. The molecule has 1 amide bonds. The smallest absolute Gasteiger partial charge is 0.303 e. The van der Waals surface area contributed by atoms with Gasteiger partial charge in [-0.25, -0.2) is 0 Å². The summed E-state index contributed by atoms with van der Waals surface area (Å²) in [5.74, 6) is -0.522. The minimum Gasteiger partial charge on any atom is -0.481 e. The van der Waals surface area contributed by atoms with E-state index in [0.717, 1.165) is 37.9 Å². The van der Waals surface area contributed by atoms with Crippen molar-refractivity contribution < 1.29 is 19.4 Å². The van der Waals surface area contributed by atoms with Crippen LogP contribution in [0.2, 0.25) is 0 Å². The number of amides is 1. The van der Waals surface area contributed by atoms with Gasteiger partial charge in [0.1, 0.15) is 6.10 Å². The lowest BCUT2D eigenvalue weighted by Gasteiger charge is -2.38. The molecule has 3 heterocycles. The van der Waals surface area contributed by atoms with Crippen molar-refractivity contribution in [2.45, 2.75) is 64.5 Å². The van der Waals surface area contributed by atoms with Crippen LogP contribution in [0.3, 0.4) is 0 Å². The number of carbonyl (C=O) groups excluding carboxylic acids is 1. The number of aliphatic carboxylic acids is 1. The molecule has 3 rings (SSSR count). The SMILES string of the molecule is CC(C)n1nccc1[C@@H]1OCCC[C@H]1C(=O)N1CCCC(CCC(=O)O)C1. The molecule has 150 valence electrons. The van der Waals surface area contributed by atoms with Gasteiger partial charge in [0, 0.05) is 38.4 Å². The van der Waals surface area contributed by atoms with E-state index < -0.39 is 5.97 Å². The summed E-state index contributed by atoms with van der Waals surface area (Å²) in [6.45, 7) is 6.24.